The van der Waals surface area contributed by atoms with Crippen LogP contribution in [0.25, 0.3) is 6.08 Å². The van der Waals surface area contributed by atoms with E-state index < -0.39 is 0 Å². The topological polar surface area (TPSA) is 41.1 Å². The molecule has 0 saturated heterocycles. The lowest BCUT2D eigenvalue weighted by Gasteiger charge is -2.21. The molecular weight excluding hydrogens is 303 g/mol. The number of rotatable bonds is 4. The van der Waals surface area contributed by atoms with Crippen LogP contribution in [0.3, 0.4) is 0 Å². The molecule has 2 N–H and O–H groups in total. The van der Waals surface area contributed by atoms with Crippen LogP contribution in [0.1, 0.15) is 36.1 Å². The van der Waals surface area contributed by atoms with Crippen molar-refractivity contribution in [3.05, 3.63) is 71.0 Å². The summed E-state index contributed by atoms with van der Waals surface area (Å²) in [7, 11) is 0. The van der Waals surface area contributed by atoms with E-state index in [0.717, 1.165) is 30.6 Å². The van der Waals surface area contributed by atoms with Gasteiger partial charge in [-0.25, -0.2) is 4.39 Å². The fourth-order valence-corrected chi connectivity index (χ4v) is 2.87. The van der Waals surface area contributed by atoms with Gasteiger partial charge < -0.3 is 10.6 Å². The Kier molecular flexibility index (Phi) is 4.94. The zero-order chi connectivity index (χ0) is 16.9. The molecule has 2 aromatic carbocycles. The first-order chi connectivity index (χ1) is 11.6. The third-order valence-corrected chi connectivity index (χ3v) is 4.25. The van der Waals surface area contributed by atoms with E-state index in [1.807, 2.05) is 6.92 Å². The molecule has 3 rings (SSSR count). The maximum absolute atomic E-state index is 13.5. The summed E-state index contributed by atoms with van der Waals surface area (Å²) < 4.78 is 13.5. The highest BCUT2D eigenvalue weighted by Gasteiger charge is 2.13. The zero-order valence-corrected chi connectivity index (χ0v) is 13.7. The minimum Gasteiger partial charge on any atom is -0.385 e. The predicted molar refractivity (Wildman–Crippen MR) is 95.2 cm³/mol. The minimum atomic E-state index is -0.338. The van der Waals surface area contributed by atoms with Crippen LogP contribution in [-0.4, -0.2) is 12.5 Å². The van der Waals surface area contributed by atoms with Crippen molar-refractivity contribution in [3.63, 3.8) is 0 Å². The molecule has 0 bridgehead atoms. The second-order valence-corrected chi connectivity index (χ2v) is 6.03. The van der Waals surface area contributed by atoms with Crippen LogP contribution in [0, 0.1) is 5.82 Å². The Labute approximate surface area is 141 Å². The molecule has 0 fully saturated rings. The van der Waals surface area contributed by atoms with Crippen LogP contribution in [0.15, 0.2) is 48.5 Å². The van der Waals surface area contributed by atoms with Crippen molar-refractivity contribution in [2.24, 2.45) is 0 Å². The zero-order valence-electron chi connectivity index (χ0n) is 13.7. The van der Waals surface area contributed by atoms with E-state index in [2.05, 4.69) is 28.8 Å². The smallest absolute Gasteiger partial charge is 0.244 e. The highest BCUT2D eigenvalue weighted by atomic mass is 19.1. The van der Waals surface area contributed by atoms with E-state index in [1.165, 1.54) is 23.8 Å². The number of halogens is 1. The number of amides is 1. The summed E-state index contributed by atoms with van der Waals surface area (Å²) in [5.41, 5.74) is 3.93. The molecule has 2 aromatic rings. The average molecular weight is 324 g/mol. The van der Waals surface area contributed by atoms with Crippen LogP contribution in [0.4, 0.5) is 10.1 Å². The van der Waals surface area contributed by atoms with Gasteiger partial charge in [-0.15, -0.1) is 0 Å². The second-order valence-electron chi connectivity index (χ2n) is 6.03. The summed E-state index contributed by atoms with van der Waals surface area (Å²) in [5.74, 6) is -0.577. The van der Waals surface area contributed by atoms with Crippen LogP contribution < -0.4 is 10.6 Å². The molecule has 1 aliphatic heterocycles. The monoisotopic (exact) mass is 324 g/mol. The normalized spacial score (nSPS) is 14.8. The summed E-state index contributed by atoms with van der Waals surface area (Å²) >= 11 is 0. The summed E-state index contributed by atoms with van der Waals surface area (Å²) in [4.78, 5) is 12.1. The molecule has 4 heteroatoms. The van der Waals surface area contributed by atoms with Crippen LogP contribution in [-0.2, 0) is 11.2 Å². The number of carbonyl (C=O) groups is 1. The van der Waals surface area contributed by atoms with Gasteiger partial charge in [0, 0.05) is 23.9 Å². The summed E-state index contributed by atoms with van der Waals surface area (Å²) in [6.07, 6.45) is 5.10. The van der Waals surface area contributed by atoms with Gasteiger partial charge in [-0.05, 0) is 49.1 Å². The highest BCUT2D eigenvalue weighted by Crippen LogP contribution is 2.25. The minimum absolute atomic E-state index is 0.114. The van der Waals surface area contributed by atoms with E-state index in [4.69, 9.17) is 0 Å². The van der Waals surface area contributed by atoms with E-state index in [1.54, 1.807) is 18.2 Å². The molecule has 3 nitrogen and oxygen atoms in total. The van der Waals surface area contributed by atoms with Crippen molar-refractivity contribution < 1.29 is 9.18 Å². The van der Waals surface area contributed by atoms with Crippen molar-refractivity contribution in [3.8, 4) is 0 Å². The number of nitrogens with one attached hydrogen (secondary N) is 2. The second kappa shape index (κ2) is 7.30. The lowest BCUT2D eigenvalue weighted by atomic mass is 9.99. The average Bonchev–Trinajstić information content (AvgIpc) is 2.60. The molecular formula is C20H21FN2O. The molecule has 0 spiro atoms. The van der Waals surface area contributed by atoms with Gasteiger partial charge in [-0.3, -0.25) is 4.79 Å². The van der Waals surface area contributed by atoms with Gasteiger partial charge in [-0.1, -0.05) is 30.3 Å². The van der Waals surface area contributed by atoms with Gasteiger partial charge in [0.05, 0.1) is 6.04 Å². The van der Waals surface area contributed by atoms with E-state index >= 15 is 0 Å². The number of aryl methyl sites for hydroxylation is 1. The molecule has 0 aliphatic carbocycles. The van der Waals surface area contributed by atoms with Crippen molar-refractivity contribution in [1.82, 2.24) is 5.32 Å². The van der Waals surface area contributed by atoms with Gasteiger partial charge in [0.15, 0.2) is 0 Å². The molecule has 1 amide bonds. The molecule has 124 valence electrons. The third kappa shape index (κ3) is 3.82. The maximum Gasteiger partial charge on any atom is 0.244 e. The first kappa shape index (κ1) is 16.2. The SMILES string of the molecule is CC(NC(=O)/C=C/c1ccccc1F)c1ccc2c(c1)NCCC2. The van der Waals surface area contributed by atoms with E-state index in [0.29, 0.717) is 5.56 Å². The lowest BCUT2D eigenvalue weighted by molar-refractivity contribution is -0.117. The van der Waals surface area contributed by atoms with Crippen LogP contribution in [0.2, 0.25) is 0 Å². The van der Waals surface area contributed by atoms with Crippen LogP contribution >= 0.6 is 0 Å². The van der Waals surface area contributed by atoms with Gasteiger partial charge in [-0.2, -0.15) is 0 Å². The quantitative estimate of drug-likeness (QED) is 0.832. The molecule has 0 saturated carbocycles. The van der Waals surface area contributed by atoms with Crippen LogP contribution in [0.5, 0.6) is 0 Å². The molecule has 1 atom stereocenters. The fourth-order valence-electron chi connectivity index (χ4n) is 2.87. The van der Waals surface area contributed by atoms with Crippen molar-refractivity contribution >= 4 is 17.7 Å². The Bertz CT molecular complexity index is 770. The third-order valence-electron chi connectivity index (χ3n) is 4.25. The number of anilines is 1. The highest BCUT2D eigenvalue weighted by molar-refractivity contribution is 5.92. The molecule has 1 heterocycles. The Hall–Kier alpha value is -2.62. The van der Waals surface area contributed by atoms with E-state index in [9.17, 15) is 9.18 Å². The molecule has 1 unspecified atom stereocenters. The fraction of sp³-hybridized carbons (Fsp3) is 0.250. The first-order valence-corrected chi connectivity index (χ1v) is 8.23. The Morgan fingerprint density at radius 2 is 2.12 bits per heavy atom. The first-order valence-electron chi connectivity index (χ1n) is 8.23. The Balaban J connectivity index is 1.65. The van der Waals surface area contributed by atoms with Gasteiger partial charge >= 0.3 is 0 Å². The van der Waals surface area contributed by atoms with Gasteiger partial charge in [0.25, 0.3) is 0 Å². The predicted octanol–water partition coefficient (Wildman–Crippen LogP) is 4.07. The van der Waals surface area contributed by atoms with Gasteiger partial charge in [0.2, 0.25) is 5.91 Å². The van der Waals surface area contributed by atoms with E-state index in [-0.39, 0.29) is 17.8 Å². The van der Waals surface area contributed by atoms with Crippen molar-refractivity contribution in [2.75, 3.05) is 11.9 Å². The number of benzene rings is 2. The molecule has 0 radical (unpaired) electrons. The largest absolute Gasteiger partial charge is 0.385 e. The number of hydrogen-bond donors (Lipinski definition) is 2. The Morgan fingerprint density at radius 1 is 1.29 bits per heavy atom. The molecule has 1 aliphatic rings. The standard InChI is InChI=1S/C20H21FN2O/c1-14(17-9-8-16-6-4-12-22-19(16)13-17)23-20(24)11-10-15-5-2-3-7-18(15)21/h2-3,5,7-11,13-14,22H,4,6,12H2,1H3,(H,23,24)/b11-10+. The maximum atomic E-state index is 13.5. The molecule has 24 heavy (non-hydrogen) atoms. The van der Waals surface area contributed by atoms with Crippen molar-refractivity contribution in [1.29, 1.82) is 0 Å². The summed E-state index contributed by atoms with van der Waals surface area (Å²) in [6.45, 7) is 2.93. The van der Waals surface area contributed by atoms with Crippen molar-refractivity contribution in [2.45, 2.75) is 25.8 Å². The number of fused-ring (bicyclic) bond motifs is 1. The summed E-state index contributed by atoms with van der Waals surface area (Å²) in [6, 6.07) is 12.5. The lowest BCUT2D eigenvalue weighted by Crippen LogP contribution is -2.25. The summed E-state index contributed by atoms with van der Waals surface area (Å²) in [5, 5.41) is 6.31. The van der Waals surface area contributed by atoms with Gasteiger partial charge in [0.1, 0.15) is 5.82 Å². The number of hydrogen-bond acceptors (Lipinski definition) is 2. The Morgan fingerprint density at radius 3 is 2.96 bits per heavy atom. The molecule has 0 aromatic heterocycles. The number of carbonyl (C=O) groups excluding carboxylic acids is 1.